The predicted octanol–water partition coefficient (Wildman–Crippen LogP) is 2.98. The van der Waals surface area contributed by atoms with Gasteiger partial charge in [-0.1, -0.05) is 22.9 Å². The Morgan fingerprint density at radius 1 is 1.57 bits per heavy atom. The van der Waals surface area contributed by atoms with Gasteiger partial charge in [0, 0.05) is 10.2 Å². The van der Waals surface area contributed by atoms with Crippen molar-refractivity contribution in [1.82, 2.24) is 0 Å². The molecule has 1 aromatic rings. The topological polar surface area (TPSA) is 38.0 Å². The maximum Gasteiger partial charge on any atom is 0.168 e. The molecule has 0 amide bonds. The Hall–Kier alpha value is -0.610. The molecule has 2 nitrogen and oxygen atoms in total. The van der Waals surface area contributed by atoms with E-state index in [4.69, 9.17) is 18.0 Å². The van der Waals surface area contributed by atoms with Crippen LogP contribution >= 0.6 is 28.1 Å². The van der Waals surface area contributed by atoms with E-state index in [1.54, 1.807) is 0 Å². The maximum absolute atomic E-state index is 5.41. The standard InChI is InChI=1S/C10H13BrN2S/c1-3-7-5-8(13-10(12)14)4-6(2)9(7)11/h4-5H,3H2,1-2H3,(H3,12,13,14). The van der Waals surface area contributed by atoms with Crippen LogP contribution in [0.3, 0.4) is 0 Å². The van der Waals surface area contributed by atoms with Crippen molar-refractivity contribution in [2.24, 2.45) is 5.73 Å². The molecule has 0 bridgehead atoms. The third-order valence-corrected chi connectivity index (χ3v) is 3.22. The van der Waals surface area contributed by atoms with Crippen LogP contribution in [-0.2, 0) is 6.42 Å². The highest BCUT2D eigenvalue weighted by Gasteiger charge is 2.04. The summed E-state index contributed by atoms with van der Waals surface area (Å²) in [6, 6.07) is 4.07. The van der Waals surface area contributed by atoms with Crippen molar-refractivity contribution in [3.63, 3.8) is 0 Å². The molecule has 3 N–H and O–H groups in total. The van der Waals surface area contributed by atoms with Crippen LogP contribution < -0.4 is 11.1 Å². The minimum Gasteiger partial charge on any atom is -0.376 e. The monoisotopic (exact) mass is 272 g/mol. The Balaban J connectivity index is 3.09. The molecular formula is C10H13BrN2S. The second-order valence-electron chi connectivity index (χ2n) is 3.11. The zero-order chi connectivity index (χ0) is 10.7. The fourth-order valence-electron chi connectivity index (χ4n) is 1.31. The molecular weight excluding hydrogens is 260 g/mol. The van der Waals surface area contributed by atoms with Crippen LogP contribution in [0.5, 0.6) is 0 Å². The number of thiocarbonyl (C=S) groups is 1. The molecule has 0 aliphatic rings. The molecule has 0 saturated carbocycles. The van der Waals surface area contributed by atoms with E-state index < -0.39 is 0 Å². The second kappa shape index (κ2) is 4.75. The molecule has 0 radical (unpaired) electrons. The molecule has 0 aromatic heterocycles. The molecule has 0 aliphatic heterocycles. The largest absolute Gasteiger partial charge is 0.376 e. The average Bonchev–Trinajstić information content (AvgIpc) is 2.10. The Bertz CT molecular complexity index is 363. The highest BCUT2D eigenvalue weighted by molar-refractivity contribution is 9.10. The van der Waals surface area contributed by atoms with Crippen LogP contribution in [0, 0.1) is 6.92 Å². The third-order valence-electron chi connectivity index (χ3n) is 1.98. The van der Waals surface area contributed by atoms with E-state index in [0.717, 1.165) is 16.6 Å². The number of benzene rings is 1. The normalized spacial score (nSPS) is 9.93. The van der Waals surface area contributed by atoms with E-state index in [1.165, 1.54) is 11.1 Å². The van der Waals surface area contributed by atoms with Crippen LogP contribution in [0.15, 0.2) is 16.6 Å². The minimum absolute atomic E-state index is 0.300. The van der Waals surface area contributed by atoms with Gasteiger partial charge in [0.1, 0.15) is 0 Å². The van der Waals surface area contributed by atoms with Gasteiger partial charge >= 0.3 is 0 Å². The first kappa shape index (κ1) is 11.5. The summed E-state index contributed by atoms with van der Waals surface area (Å²) in [5.41, 5.74) is 8.80. The van der Waals surface area contributed by atoms with Crippen LogP contribution in [-0.4, -0.2) is 5.11 Å². The molecule has 0 unspecified atom stereocenters. The number of hydrogen-bond acceptors (Lipinski definition) is 1. The van der Waals surface area contributed by atoms with E-state index in [-0.39, 0.29) is 0 Å². The molecule has 1 aromatic carbocycles. The second-order valence-corrected chi connectivity index (χ2v) is 4.34. The van der Waals surface area contributed by atoms with Gasteiger partial charge < -0.3 is 11.1 Å². The lowest BCUT2D eigenvalue weighted by Gasteiger charge is -2.10. The van der Waals surface area contributed by atoms with Gasteiger partial charge in [-0.15, -0.1) is 0 Å². The number of anilines is 1. The molecule has 0 saturated heterocycles. The SMILES string of the molecule is CCc1cc(NC(N)=S)cc(C)c1Br. The van der Waals surface area contributed by atoms with Gasteiger partial charge in [0.15, 0.2) is 5.11 Å². The molecule has 0 atom stereocenters. The van der Waals surface area contributed by atoms with E-state index in [2.05, 4.69) is 34.2 Å². The van der Waals surface area contributed by atoms with Gasteiger partial charge in [-0.05, 0) is 48.8 Å². The van der Waals surface area contributed by atoms with Crippen molar-refractivity contribution in [2.75, 3.05) is 5.32 Å². The lowest BCUT2D eigenvalue weighted by Crippen LogP contribution is -2.19. The van der Waals surface area contributed by atoms with Crippen LogP contribution in [0.1, 0.15) is 18.1 Å². The Morgan fingerprint density at radius 2 is 2.21 bits per heavy atom. The molecule has 0 fully saturated rings. The molecule has 0 heterocycles. The van der Waals surface area contributed by atoms with Gasteiger partial charge in [-0.25, -0.2) is 0 Å². The van der Waals surface area contributed by atoms with Gasteiger partial charge in [0.2, 0.25) is 0 Å². The maximum atomic E-state index is 5.41. The molecule has 1 rings (SSSR count). The molecule has 0 aliphatic carbocycles. The number of aryl methyl sites for hydroxylation is 2. The first-order chi connectivity index (χ1) is 6.54. The summed E-state index contributed by atoms with van der Waals surface area (Å²) in [6.45, 7) is 4.16. The molecule has 4 heteroatoms. The lowest BCUT2D eigenvalue weighted by atomic mass is 10.1. The summed E-state index contributed by atoms with van der Waals surface area (Å²) in [5.74, 6) is 0. The number of nitrogens with one attached hydrogen (secondary N) is 1. The van der Waals surface area contributed by atoms with E-state index in [1.807, 2.05) is 13.0 Å². The number of rotatable bonds is 2. The molecule has 76 valence electrons. The van der Waals surface area contributed by atoms with Crippen molar-refractivity contribution in [1.29, 1.82) is 0 Å². The predicted molar refractivity (Wildman–Crippen MR) is 68.7 cm³/mol. The minimum atomic E-state index is 0.300. The number of nitrogens with two attached hydrogens (primary N) is 1. The highest BCUT2D eigenvalue weighted by atomic mass is 79.9. The highest BCUT2D eigenvalue weighted by Crippen LogP contribution is 2.26. The van der Waals surface area contributed by atoms with E-state index in [9.17, 15) is 0 Å². The summed E-state index contributed by atoms with van der Waals surface area (Å²) < 4.78 is 1.16. The van der Waals surface area contributed by atoms with Crippen molar-refractivity contribution in [3.8, 4) is 0 Å². The van der Waals surface area contributed by atoms with Crippen LogP contribution in [0.25, 0.3) is 0 Å². The van der Waals surface area contributed by atoms with Crippen LogP contribution in [0.2, 0.25) is 0 Å². The van der Waals surface area contributed by atoms with E-state index in [0.29, 0.717) is 5.11 Å². The zero-order valence-corrected chi connectivity index (χ0v) is 10.6. The summed E-state index contributed by atoms with van der Waals surface area (Å²) in [6.07, 6.45) is 0.980. The Labute approximate surface area is 98.0 Å². The Kier molecular flexibility index (Phi) is 3.89. The summed E-state index contributed by atoms with van der Waals surface area (Å²) in [4.78, 5) is 0. The third kappa shape index (κ3) is 2.69. The smallest absolute Gasteiger partial charge is 0.168 e. The number of hydrogen-bond donors (Lipinski definition) is 2. The van der Waals surface area contributed by atoms with Crippen molar-refractivity contribution >= 4 is 38.9 Å². The summed E-state index contributed by atoms with van der Waals surface area (Å²) in [7, 11) is 0. The van der Waals surface area contributed by atoms with Gasteiger partial charge in [0.25, 0.3) is 0 Å². The first-order valence-corrected chi connectivity index (χ1v) is 5.60. The number of halogens is 1. The fourth-order valence-corrected chi connectivity index (χ4v) is 1.94. The zero-order valence-electron chi connectivity index (χ0n) is 8.23. The Morgan fingerprint density at radius 3 is 2.71 bits per heavy atom. The lowest BCUT2D eigenvalue weighted by molar-refractivity contribution is 1.12. The van der Waals surface area contributed by atoms with Crippen molar-refractivity contribution < 1.29 is 0 Å². The van der Waals surface area contributed by atoms with Gasteiger partial charge in [-0.3, -0.25) is 0 Å². The molecule has 0 spiro atoms. The van der Waals surface area contributed by atoms with Crippen LogP contribution in [0.4, 0.5) is 5.69 Å². The van der Waals surface area contributed by atoms with Gasteiger partial charge in [-0.2, -0.15) is 0 Å². The van der Waals surface area contributed by atoms with Crippen molar-refractivity contribution in [2.45, 2.75) is 20.3 Å². The molecule has 14 heavy (non-hydrogen) atoms. The fraction of sp³-hybridized carbons (Fsp3) is 0.300. The summed E-state index contributed by atoms with van der Waals surface area (Å²) in [5, 5.41) is 3.24. The first-order valence-electron chi connectivity index (χ1n) is 4.40. The quantitative estimate of drug-likeness (QED) is 0.813. The summed E-state index contributed by atoms with van der Waals surface area (Å²) >= 11 is 8.34. The van der Waals surface area contributed by atoms with Gasteiger partial charge in [0.05, 0.1) is 0 Å². The van der Waals surface area contributed by atoms with E-state index >= 15 is 0 Å². The average molecular weight is 273 g/mol. The van der Waals surface area contributed by atoms with Crippen molar-refractivity contribution in [3.05, 3.63) is 27.7 Å².